The van der Waals surface area contributed by atoms with Crippen LogP contribution in [0.1, 0.15) is 48.0 Å². The number of hydrogen-bond acceptors (Lipinski definition) is 7. The Hall–Kier alpha value is -5.08. The van der Waals surface area contributed by atoms with Gasteiger partial charge in [-0.25, -0.2) is 9.00 Å². The third-order valence-electron chi connectivity index (χ3n) is 5.64. The fourth-order valence-electron chi connectivity index (χ4n) is 3.70. The monoisotopic (exact) mass is 555 g/mol. The van der Waals surface area contributed by atoms with Gasteiger partial charge < -0.3 is 10.1 Å². The number of carbonyl (C=O) groups is 3. The molecule has 0 aliphatic rings. The maximum absolute atomic E-state index is 13.2. The van der Waals surface area contributed by atoms with Crippen molar-refractivity contribution < 1.29 is 23.3 Å². The maximum atomic E-state index is 13.2. The largest absolute Gasteiger partial charge is 0.465 e. The van der Waals surface area contributed by atoms with Crippen LogP contribution >= 0.6 is 0 Å². The molecule has 1 atom stereocenters. The van der Waals surface area contributed by atoms with E-state index in [4.69, 9.17) is 4.74 Å². The van der Waals surface area contributed by atoms with Crippen molar-refractivity contribution in [3.8, 4) is 11.8 Å². The number of amides is 2. The van der Waals surface area contributed by atoms with Crippen LogP contribution in [0.4, 0.5) is 5.69 Å². The third kappa shape index (κ3) is 6.67. The quantitative estimate of drug-likeness (QED) is 0.292. The first-order valence-electron chi connectivity index (χ1n) is 11.9. The van der Waals surface area contributed by atoms with Crippen LogP contribution in [0.2, 0.25) is 0 Å². The van der Waals surface area contributed by atoms with Gasteiger partial charge in [-0.05, 0) is 55.5 Å². The molecule has 4 rings (SSSR count). The number of methoxy groups -OCH3 is 1. The maximum Gasteiger partial charge on any atom is 0.337 e. The van der Waals surface area contributed by atoms with Crippen molar-refractivity contribution in [1.29, 1.82) is 0 Å². The standard InChI is InChI=1S/C29H25N5O5S/c1-19-13-26(34(2)32-19)28(36)31-24-9-5-7-20(15-24)11-12-21-14-23(18-30-17-21)27(35)33-40(4,38)25-10-6-8-22(16-25)29(37)39-3/h5-10,13-18H,1-4H3,(H,31,36). The lowest BCUT2D eigenvalue weighted by Gasteiger charge is -2.06. The van der Waals surface area contributed by atoms with E-state index in [0.717, 1.165) is 5.69 Å². The first kappa shape index (κ1) is 27.9. The first-order valence-corrected chi connectivity index (χ1v) is 13.8. The second-order valence-electron chi connectivity index (χ2n) is 8.76. The minimum Gasteiger partial charge on any atom is -0.465 e. The molecule has 0 spiro atoms. The number of hydrogen-bond donors (Lipinski definition) is 1. The Kier molecular flexibility index (Phi) is 8.21. The molecule has 0 bridgehead atoms. The Morgan fingerprint density at radius 2 is 1.73 bits per heavy atom. The number of anilines is 1. The van der Waals surface area contributed by atoms with Gasteiger partial charge in [0.25, 0.3) is 11.8 Å². The van der Waals surface area contributed by atoms with Gasteiger partial charge in [0.2, 0.25) is 0 Å². The highest BCUT2D eigenvalue weighted by molar-refractivity contribution is 7.93. The molecule has 0 aliphatic heterocycles. The number of benzene rings is 2. The molecule has 0 fully saturated rings. The number of aromatic nitrogens is 3. The van der Waals surface area contributed by atoms with Crippen LogP contribution in [-0.4, -0.2) is 50.1 Å². The number of esters is 1. The molecule has 202 valence electrons. The van der Waals surface area contributed by atoms with Crippen molar-refractivity contribution in [2.24, 2.45) is 11.4 Å². The Morgan fingerprint density at radius 1 is 0.975 bits per heavy atom. The molecule has 2 heterocycles. The van der Waals surface area contributed by atoms with E-state index in [1.807, 2.05) is 6.92 Å². The van der Waals surface area contributed by atoms with E-state index in [0.29, 0.717) is 22.5 Å². The average Bonchev–Trinajstić information content (AvgIpc) is 3.29. The normalized spacial score (nSPS) is 11.9. The van der Waals surface area contributed by atoms with Crippen molar-refractivity contribution in [2.45, 2.75) is 11.8 Å². The Morgan fingerprint density at radius 3 is 2.45 bits per heavy atom. The van der Waals surface area contributed by atoms with Crippen LogP contribution in [0, 0.1) is 18.8 Å². The van der Waals surface area contributed by atoms with Crippen molar-refractivity contribution >= 4 is 33.2 Å². The number of nitrogens with one attached hydrogen (secondary N) is 1. The zero-order valence-corrected chi connectivity index (χ0v) is 23.0. The Labute approximate surface area is 231 Å². The molecule has 1 unspecified atom stereocenters. The van der Waals surface area contributed by atoms with E-state index >= 15 is 0 Å². The van der Waals surface area contributed by atoms with Gasteiger partial charge in [-0.3, -0.25) is 19.3 Å². The van der Waals surface area contributed by atoms with E-state index in [-0.39, 0.29) is 21.9 Å². The molecule has 0 radical (unpaired) electrons. The van der Waals surface area contributed by atoms with Crippen LogP contribution < -0.4 is 5.32 Å². The van der Waals surface area contributed by atoms with Gasteiger partial charge in [-0.1, -0.05) is 24.0 Å². The number of carbonyl (C=O) groups excluding carboxylic acids is 3. The molecule has 40 heavy (non-hydrogen) atoms. The van der Waals surface area contributed by atoms with Crippen LogP contribution in [0.25, 0.3) is 0 Å². The second-order valence-corrected chi connectivity index (χ2v) is 11.0. The summed E-state index contributed by atoms with van der Waals surface area (Å²) in [6.07, 6.45) is 4.12. The van der Waals surface area contributed by atoms with Gasteiger partial charge in [0.1, 0.15) is 5.69 Å². The molecule has 0 aliphatic carbocycles. The highest BCUT2D eigenvalue weighted by Gasteiger charge is 2.15. The minimum absolute atomic E-state index is 0.109. The molecular formula is C29H25N5O5S. The summed E-state index contributed by atoms with van der Waals surface area (Å²) in [4.78, 5) is 41.6. The highest BCUT2D eigenvalue weighted by atomic mass is 32.2. The fourth-order valence-corrected chi connectivity index (χ4v) is 4.91. The number of pyridine rings is 1. The summed E-state index contributed by atoms with van der Waals surface area (Å²) in [7, 11) is -0.218. The van der Waals surface area contributed by atoms with Crippen molar-refractivity contribution in [1.82, 2.24) is 14.8 Å². The molecule has 2 aromatic heterocycles. The smallest absolute Gasteiger partial charge is 0.337 e. The second kappa shape index (κ2) is 11.8. The molecule has 4 aromatic rings. The topological polar surface area (TPSA) is 133 Å². The average molecular weight is 556 g/mol. The van der Waals surface area contributed by atoms with E-state index in [2.05, 4.69) is 31.6 Å². The van der Waals surface area contributed by atoms with Gasteiger partial charge in [-0.15, -0.1) is 0 Å². The van der Waals surface area contributed by atoms with Crippen molar-refractivity contribution in [3.63, 3.8) is 0 Å². The number of rotatable bonds is 5. The molecule has 10 nitrogen and oxygen atoms in total. The number of ether oxygens (including phenoxy) is 1. The van der Waals surface area contributed by atoms with E-state index in [1.54, 1.807) is 43.4 Å². The van der Waals surface area contributed by atoms with Crippen LogP contribution in [0.5, 0.6) is 0 Å². The molecule has 11 heteroatoms. The van der Waals surface area contributed by atoms with Gasteiger partial charge in [-0.2, -0.15) is 9.46 Å². The zero-order valence-electron chi connectivity index (χ0n) is 22.2. The fraction of sp³-hybridized carbons (Fsp3) is 0.138. The SMILES string of the molecule is COC(=O)c1cccc(S(C)(=O)=NC(=O)c2cncc(C#Cc3cccc(NC(=O)c4cc(C)nn4C)c3)c2)c1. The molecule has 2 amide bonds. The molecule has 1 N–H and O–H groups in total. The first-order chi connectivity index (χ1) is 19.1. The lowest BCUT2D eigenvalue weighted by molar-refractivity contribution is 0.0600. The van der Waals surface area contributed by atoms with E-state index in [9.17, 15) is 18.6 Å². The Balaban J connectivity index is 1.53. The van der Waals surface area contributed by atoms with Gasteiger partial charge in [0.05, 0.1) is 33.7 Å². The molecule has 0 saturated carbocycles. The highest BCUT2D eigenvalue weighted by Crippen LogP contribution is 2.17. The van der Waals surface area contributed by atoms with Crippen LogP contribution in [0.15, 0.2) is 82.3 Å². The summed E-state index contributed by atoms with van der Waals surface area (Å²) in [6, 6.07) is 16.2. The van der Waals surface area contributed by atoms with E-state index < -0.39 is 21.6 Å². The predicted molar refractivity (Wildman–Crippen MR) is 149 cm³/mol. The Bertz CT molecular complexity index is 1820. The van der Waals surface area contributed by atoms with E-state index in [1.165, 1.54) is 54.7 Å². The van der Waals surface area contributed by atoms with Gasteiger partial charge >= 0.3 is 5.97 Å². The summed E-state index contributed by atoms with van der Waals surface area (Å²) in [5, 5.41) is 7.02. The third-order valence-corrected chi connectivity index (χ3v) is 7.28. The summed E-state index contributed by atoms with van der Waals surface area (Å²) in [6.45, 7) is 1.81. The van der Waals surface area contributed by atoms with Gasteiger partial charge in [0.15, 0.2) is 0 Å². The summed E-state index contributed by atoms with van der Waals surface area (Å²) < 4.78 is 23.3. The van der Waals surface area contributed by atoms with Crippen molar-refractivity contribution in [3.05, 3.63) is 107 Å². The molecule has 2 aromatic carbocycles. The van der Waals surface area contributed by atoms with Crippen LogP contribution in [0.3, 0.4) is 0 Å². The summed E-state index contributed by atoms with van der Waals surface area (Å²) in [5.74, 6) is 4.32. The van der Waals surface area contributed by atoms with Crippen molar-refractivity contribution in [2.75, 3.05) is 18.7 Å². The lowest BCUT2D eigenvalue weighted by atomic mass is 10.1. The molecular weight excluding hydrogens is 530 g/mol. The lowest BCUT2D eigenvalue weighted by Crippen LogP contribution is -2.16. The minimum atomic E-state index is -3.16. The van der Waals surface area contributed by atoms with Gasteiger partial charge in [0, 0.05) is 47.4 Å². The molecule has 0 saturated heterocycles. The summed E-state index contributed by atoms with van der Waals surface area (Å²) in [5.41, 5.74) is 3.11. The number of nitrogens with zero attached hydrogens (tertiary/aromatic N) is 4. The zero-order chi connectivity index (χ0) is 28.9. The van der Waals surface area contributed by atoms with Crippen LogP contribution in [-0.2, 0) is 21.5 Å². The summed E-state index contributed by atoms with van der Waals surface area (Å²) >= 11 is 0. The number of aryl methyl sites for hydroxylation is 2. The predicted octanol–water partition coefficient (Wildman–Crippen LogP) is 3.86.